The molecule has 0 bridgehead atoms. The van der Waals surface area contributed by atoms with Gasteiger partial charge in [0.1, 0.15) is 0 Å². The Balaban J connectivity index is 1.21. The smallest absolute Gasteiger partial charge is 0.182 e. The van der Waals surface area contributed by atoms with Gasteiger partial charge in [0, 0.05) is 16.7 Å². The van der Waals surface area contributed by atoms with Crippen LogP contribution in [-0.4, -0.2) is 23.0 Å². The Morgan fingerprint density at radius 3 is 1.32 bits per heavy atom. The summed E-state index contributed by atoms with van der Waals surface area (Å²) in [6.45, 7) is 0. The molecule has 1 aliphatic rings. The third kappa shape index (κ3) is 5.30. The highest BCUT2D eigenvalue weighted by atomic mass is 28.3. The van der Waals surface area contributed by atoms with E-state index >= 15 is 0 Å². The topological polar surface area (TPSA) is 38.7 Å². The van der Waals surface area contributed by atoms with E-state index in [4.69, 9.17) is 15.0 Å². The highest BCUT2D eigenvalue weighted by Gasteiger charge is 2.50. The standard InChI is InChI=1S/C53H35N3Si/c1-3-16-36(17-4-1)37-32-34-41(35-33-37)52-54-51(40-20-5-2-6-21-40)55-53(56-52)45-27-15-31-49-50(45)44-26-11-12-28-48(44)57(49,46-29-13-22-38-18-7-9-24-42(38)46)47-30-14-23-39-19-8-10-25-43(39)47/h1-35H. The van der Waals surface area contributed by atoms with E-state index in [2.05, 4.69) is 188 Å². The molecule has 0 amide bonds. The van der Waals surface area contributed by atoms with Crippen molar-refractivity contribution >= 4 is 50.4 Å². The Morgan fingerprint density at radius 2 is 0.667 bits per heavy atom. The van der Waals surface area contributed by atoms with E-state index in [1.807, 2.05) is 24.3 Å². The van der Waals surface area contributed by atoms with Crippen LogP contribution in [0.2, 0.25) is 0 Å². The van der Waals surface area contributed by atoms with Crippen molar-refractivity contribution in [1.29, 1.82) is 0 Å². The largest absolute Gasteiger partial charge is 0.208 e. The molecule has 57 heavy (non-hydrogen) atoms. The van der Waals surface area contributed by atoms with Gasteiger partial charge in [-0.2, -0.15) is 0 Å². The molecule has 266 valence electrons. The van der Waals surface area contributed by atoms with E-state index in [0.717, 1.165) is 22.3 Å². The van der Waals surface area contributed by atoms with Gasteiger partial charge in [0.25, 0.3) is 0 Å². The highest BCUT2D eigenvalue weighted by molar-refractivity contribution is 7.23. The first-order valence-corrected chi connectivity index (χ1v) is 21.4. The first kappa shape index (κ1) is 33.1. The lowest BCUT2D eigenvalue weighted by atomic mass is 9.99. The van der Waals surface area contributed by atoms with Crippen LogP contribution in [-0.2, 0) is 0 Å². The minimum absolute atomic E-state index is 0.647. The van der Waals surface area contributed by atoms with Gasteiger partial charge in [0.15, 0.2) is 25.5 Å². The molecule has 10 aromatic rings. The fourth-order valence-electron chi connectivity index (χ4n) is 9.13. The van der Waals surface area contributed by atoms with Crippen molar-refractivity contribution in [3.05, 3.63) is 212 Å². The molecule has 0 spiro atoms. The van der Waals surface area contributed by atoms with Crippen LogP contribution in [0.15, 0.2) is 212 Å². The first-order chi connectivity index (χ1) is 28.3. The Labute approximate surface area is 332 Å². The molecule has 1 aromatic heterocycles. The summed E-state index contributed by atoms with van der Waals surface area (Å²) in [6.07, 6.45) is 0. The average Bonchev–Trinajstić information content (AvgIpc) is 3.60. The molecular weight excluding hydrogens is 707 g/mol. The number of rotatable bonds is 6. The van der Waals surface area contributed by atoms with Gasteiger partial charge in [-0.05, 0) is 64.5 Å². The Kier molecular flexibility index (Phi) is 7.83. The summed E-state index contributed by atoms with van der Waals surface area (Å²) >= 11 is 0. The Hall–Kier alpha value is -7.27. The van der Waals surface area contributed by atoms with Crippen molar-refractivity contribution in [3.8, 4) is 56.4 Å². The summed E-state index contributed by atoms with van der Waals surface area (Å²) in [4.78, 5) is 15.8. The van der Waals surface area contributed by atoms with Gasteiger partial charge in [-0.3, -0.25) is 0 Å². The van der Waals surface area contributed by atoms with Gasteiger partial charge >= 0.3 is 0 Å². The minimum atomic E-state index is -2.98. The molecule has 0 fully saturated rings. The fraction of sp³-hybridized carbons (Fsp3) is 0. The SMILES string of the molecule is c1ccc(-c2ccc(-c3nc(-c4ccccc4)nc(-c4cccc5c4-c4ccccc4[Si]5(c4cccc5ccccc45)c4cccc5ccccc45)n3)cc2)cc1. The van der Waals surface area contributed by atoms with E-state index in [1.165, 1.54) is 59.0 Å². The lowest BCUT2D eigenvalue weighted by molar-refractivity contribution is 1.07. The number of hydrogen-bond acceptors (Lipinski definition) is 3. The molecule has 3 nitrogen and oxygen atoms in total. The molecule has 2 heterocycles. The maximum Gasteiger partial charge on any atom is 0.182 e. The summed E-state index contributed by atoms with van der Waals surface area (Å²) in [5, 5.41) is 10.6. The van der Waals surface area contributed by atoms with E-state index in [9.17, 15) is 0 Å². The summed E-state index contributed by atoms with van der Waals surface area (Å²) in [6, 6.07) is 76.7. The average molecular weight is 742 g/mol. The normalized spacial score (nSPS) is 12.7. The third-order valence-corrected chi connectivity index (χ3v) is 16.6. The number of fused-ring (bicyclic) bond motifs is 5. The number of nitrogens with zero attached hydrogens (tertiary/aromatic N) is 3. The Bertz CT molecular complexity index is 3030. The van der Waals surface area contributed by atoms with E-state index in [1.54, 1.807) is 0 Å². The lowest BCUT2D eigenvalue weighted by Crippen LogP contribution is -2.73. The highest BCUT2D eigenvalue weighted by Crippen LogP contribution is 2.38. The quantitative estimate of drug-likeness (QED) is 0.159. The molecule has 0 aliphatic carbocycles. The van der Waals surface area contributed by atoms with Gasteiger partial charge < -0.3 is 0 Å². The number of benzene rings is 9. The van der Waals surface area contributed by atoms with Crippen LogP contribution in [0.5, 0.6) is 0 Å². The van der Waals surface area contributed by atoms with E-state index in [-0.39, 0.29) is 0 Å². The molecule has 0 atom stereocenters. The zero-order chi connectivity index (χ0) is 37.8. The zero-order valence-electron chi connectivity index (χ0n) is 31.0. The molecule has 0 radical (unpaired) electrons. The van der Waals surface area contributed by atoms with Gasteiger partial charge in [-0.1, -0.05) is 212 Å². The van der Waals surface area contributed by atoms with Crippen LogP contribution in [0.1, 0.15) is 0 Å². The van der Waals surface area contributed by atoms with Crippen LogP contribution < -0.4 is 20.7 Å². The summed E-state index contributed by atoms with van der Waals surface area (Å²) < 4.78 is 0. The summed E-state index contributed by atoms with van der Waals surface area (Å²) in [5.41, 5.74) is 7.68. The van der Waals surface area contributed by atoms with Crippen molar-refractivity contribution < 1.29 is 0 Å². The van der Waals surface area contributed by atoms with Crippen molar-refractivity contribution in [2.75, 3.05) is 0 Å². The monoisotopic (exact) mass is 741 g/mol. The van der Waals surface area contributed by atoms with Crippen LogP contribution >= 0.6 is 0 Å². The van der Waals surface area contributed by atoms with Crippen molar-refractivity contribution in [2.45, 2.75) is 0 Å². The molecule has 0 N–H and O–H groups in total. The van der Waals surface area contributed by atoms with Crippen molar-refractivity contribution in [3.63, 3.8) is 0 Å². The molecule has 11 rings (SSSR count). The predicted molar refractivity (Wildman–Crippen MR) is 239 cm³/mol. The van der Waals surface area contributed by atoms with E-state index < -0.39 is 8.07 Å². The number of aromatic nitrogens is 3. The fourth-order valence-corrected chi connectivity index (χ4v) is 14.8. The zero-order valence-corrected chi connectivity index (χ0v) is 32.0. The van der Waals surface area contributed by atoms with E-state index in [0.29, 0.717) is 17.5 Å². The maximum atomic E-state index is 5.34. The third-order valence-electron chi connectivity index (χ3n) is 11.6. The summed E-state index contributed by atoms with van der Waals surface area (Å²) in [5.74, 6) is 1.96. The van der Waals surface area contributed by atoms with Crippen LogP contribution in [0.3, 0.4) is 0 Å². The first-order valence-electron chi connectivity index (χ1n) is 19.4. The molecular formula is C53H35N3Si. The molecule has 9 aromatic carbocycles. The second-order valence-electron chi connectivity index (χ2n) is 14.7. The molecule has 0 saturated carbocycles. The maximum absolute atomic E-state index is 5.34. The van der Waals surface area contributed by atoms with Crippen molar-refractivity contribution in [2.24, 2.45) is 0 Å². The Morgan fingerprint density at radius 1 is 0.263 bits per heavy atom. The molecule has 0 unspecified atom stereocenters. The molecule has 1 aliphatic heterocycles. The second-order valence-corrected chi connectivity index (χ2v) is 18.3. The van der Waals surface area contributed by atoms with Crippen LogP contribution in [0, 0.1) is 0 Å². The molecule has 4 heteroatoms. The van der Waals surface area contributed by atoms with Gasteiger partial charge in [0.05, 0.1) is 0 Å². The number of hydrogen-bond donors (Lipinski definition) is 0. The lowest BCUT2D eigenvalue weighted by Gasteiger charge is -2.33. The van der Waals surface area contributed by atoms with Gasteiger partial charge in [-0.15, -0.1) is 0 Å². The molecule has 0 saturated heterocycles. The van der Waals surface area contributed by atoms with Gasteiger partial charge in [0.2, 0.25) is 0 Å². The minimum Gasteiger partial charge on any atom is -0.208 e. The van der Waals surface area contributed by atoms with Crippen molar-refractivity contribution in [1.82, 2.24) is 15.0 Å². The second kappa shape index (κ2) is 13.5. The van der Waals surface area contributed by atoms with Gasteiger partial charge in [-0.25, -0.2) is 15.0 Å². The summed E-state index contributed by atoms with van der Waals surface area (Å²) in [7, 11) is -2.98. The predicted octanol–water partition coefficient (Wildman–Crippen LogP) is 10.2. The van der Waals surface area contributed by atoms with Crippen LogP contribution in [0.25, 0.3) is 78.0 Å². The van der Waals surface area contributed by atoms with Crippen LogP contribution in [0.4, 0.5) is 0 Å².